The molecule has 1 saturated heterocycles. The van der Waals surface area contributed by atoms with Crippen LogP contribution in [0.1, 0.15) is 36.8 Å². The van der Waals surface area contributed by atoms with Crippen LogP contribution in [0.15, 0.2) is 18.2 Å². The smallest absolute Gasteiger partial charge is 0.238 e. The number of anilines is 1. The lowest BCUT2D eigenvalue weighted by Crippen LogP contribution is -2.44. The molecule has 124 valence electrons. The van der Waals surface area contributed by atoms with Gasteiger partial charge in [-0.3, -0.25) is 9.69 Å². The van der Waals surface area contributed by atoms with E-state index in [1.807, 2.05) is 18.2 Å². The average Bonchev–Trinajstić information content (AvgIpc) is 2.45. The monoisotopic (exact) mass is 325 g/mol. The van der Waals surface area contributed by atoms with E-state index in [0.717, 1.165) is 25.1 Å². The van der Waals surface area contributed by atoms with Crippen LogP contribution in [-0.4, -0.2) is 36.5 Å². The van der Waals surface area contributed by atoms with Crippen LogP contribution < -0.4 is 11.1 Å². The Morgan fingerprint density at radius 1 is 1.32 bits per heavy atom. The summed E-state index contributed by atoms with van der Waals surface area (Å²) in [5.41, 5.74) is 9.01. The zero-order valence-corrected chi connectivity index (χ0v) is 14.4. The van der Waals surface area contributed by atoms with E-state index >= 15 is 0 Å². The fourth-order valence-electron chi connectivity index (χ4n) is 2.99. The maximum absolute atomic E-state index is 12.2. The van der Waals surface area contributed by atoms with Gasteiger partial charge in [-0.25, -0.2) is 0 Å². The third-order valence-corrected chi connectivity index (χ3v) is 4.39. The summed E-state index contributed by atoms with van der Waals surface area (Å²) in [5.74, 6) is 0.0715. The Balaban J connectivity index is 0.00000242. The molecule has 1 atom stereocenters. The Hall–Kier alpha value is -1.10. The SMILES string of the molecule is Cc1ccc(NC(=O)CN2CCCCC2CCN)cc1C.Cl. The average molecular weight is 326 g/mol. The van der Waals surface area contributed by atoms with Crippen LogP contribution in [-0.2, 0) is 4.79 Å². The van der Waals surface area contributed by atoms with Crippen LogP contribution in [0, 0.1) is 13.8 Å². The van der Waals surface area contributed by atoms with Crippen LogP contribution in [0.3, 0.4) is 0 Å². The lowest BCUT2D eigenvalue weighted by atomic mass is 9.99. The first-order valence-electron chi connectivity index (χ1n) is 7.91. The number of halogens is 1. The van der Waals surface area contributed by atoms with Crippen LogP contribution in [0.5, 0.6) is 0 Å². The van der Waals surface area contributed by atoms with Crippen molar-refractivity contribution in [1.29, 1.82) is 0 Å². The van der Waals surface area contributed by atoms with Crippen LogP contribution >= 0.6 is 12.4 Å². The molecule has 0 aliphatic carbocycles. The van der Waals surface area contributed by atoms with Gasteiger partial charge >= 0.3 is 0 Å². The molecule has 0 bridgehead atoms. The molecule has 1 unspecified atom stereocenters. The predicted octanol–water partition coefficient (Wildman–Crippen LogP) is 2.87. The zero-order valence-electron chi connectivity index (χ0n) is 13.6. The second kappa shape index (κ2) is 9.13. The highest BCUT2D eigenvalue weighted by atomic mass is 35.5. The lowest BCUT2D eigenvalue weighted by Gasteiger charge is -2.35. The molecular formula is C17H28ClN3O. The third kappa shape index (κ3) is 5.27. The molecule has 1 amide bonds. The normalized spacial score (nSPS) is 18.6. The number of piperidine rings is 1. The minimum Gasteiger partial charge on any atom is -0.330 e. The van der Waals surface area contributed by atoms with Gasteiger partial charge in [-0.15, -0.1) is 12.4 Å². The summed E-state index contributed by atoms with van der Waals surface area (Å²) in [4.78, 5) is 14.5. The van der Waals surface area contributed by atoms with Gasteiger partial charge in [0, 0.05) is 11.7 Å². The number of amides is 1. The van der Waals surface area contributed by atoms with Crippen LogP contribution in [0.25, 0.3) is 0 Å². The number of benzene rings is 1. The highest BCUT2D eigenvalue weighted by molar-refractivity contribution is 5.92. The number of nitrogens with zero attached hydrogens (tertiary/aromatic N) is 1. The van der Waals surface area contributed by atoms with Crippen LogP contribution in [0.2, 0.25) is 0 Å². The Morgan fingerprint density at radius 3 is 2.77 bits per heavy atom. The van der Waals surface area contributed by atoms with E-state index in [1.54, 1.807) is 0 Å². The summed E-state index contributed by atoms with van der Waals surface area (Å²) in [6.45, 7) is 6.31. The molecule has 1 heterocycles. The van der Waals surface area contributed by atoms with Gasteiger partial charge in [0.15, 0.2) is 0 Å². The van der Waals surface area contributed by atoms with Crippen molar-refractivity contribution in [3.63, 3.8) is 0 Å². The largest absolute Gasteiger partial charge is 0.330 e. The second-order valence-electron chi connectivity index (χ2n) is 6.04. The molecular weight excluding hydrogens is 298 g/mol. The molecule has 1 aliphatic heterocycles. The summed E-state index contributed by atoms with van der Waals surface area (Å²) in [7, 11) is 0. The Kier molecular flexibility index (Phi) is 7.87. The Labute approximate surface area is 139 Å². The van der Waals surface area contributed by atoms with Crippen molar-refractivity contribution in [1.82, 2.24) is 4.90 Å². The van der Waals surface area contributed by atoms with Crippen molar-refractivity contribution in [3.05, 3.63) is 29.3 Å². The lowest BCUT2D eigenvalue weighted by molar-refractivity contribution is -0.118. The van der Waals surface area contributed by atoms with E-state index < -0.39 is 0 Å². The van der Waals surface area contributed by atoms with Gasteiger partial charge in [-0.1, -0.05) is 12.5 Å². The number of likely N-dealkylation sites (tertiary alicyclic amines) is 1. The summed E-state index contributed by atoms with van der Waals surface area (Å²) < 4.78 is 0. The van der Waals surface area contributed by atoms with Crippen LogP contribution in [0.4, 0.5) is 5.69 Å². The molecule has 0 saturated carbocycles. The summed E-state index contributed by atoms with van der Waals surface area (Å²) >= 11 is 0. The number of carbonyl (C=O) groups is 1. The van der Waals surface area contributed by atoms with Crippen molar-refractivity contribution in [3.8, 4) is 0 Å². The van der Waals surface area contributed by atoms with Gasteiger partial charge in [-0.2, -0.15) is 0 Å². The number of nitrogens with two attached hydrogens (primary N) is 1. The number of nitrogens with one attached hydrogen (secondary N) is 1. The zero-order chi connectivity index (χ0) is 15.2. The molecule has 1 fully saturated rings. The molecule has 1 aliphatic rings. The molecule has 22 heavy (non-hydrogen) atoms. The summed E-state index contributed by atoms with van der Waals surface area (Å²) in [5, 5.41) is 3.01. The van der Waals surface area contributed by atoms with E-state index in [-0.39, 0.29) is 18.3 Å². The van der Waals surface area contributed by atoms with Gasteiger partial charge in [0.1, 0.15) is 0 Å². The van der Waals surface area contributed by atoms with Gasteiger partial charge in [0.25, 0.3) is 0 Å². The first-order chi connectivity index (χ1) is 10.1. The summed E-state index contributed by atoms with van der Waals surface area (Å²) in [6, 6.07) is 6.51. The van der Waals surface area contributed by atoms with Gasteiger partial charge in [0.05, 0.1) is 6.54 Å². The molecule has 0 spiro atoms. The van der Waals surface area contributed by atoms with Gasteiger partial charge < -0.3 is 11.1 Å². The third-order valence-electron chi connectivity index (χ3n) is 4.39. The molecule has 2 rings (SSSR count). The van der Waals surface area contributed by atoms with Crippen molar-refractivity contribution in [2.45, 2.75) is 45.6 Å². The maximum atomic E-state index is 12.2. The number of rotatable bonds is 5. The topological polar surface area (TPSA) is 58.4 Å². The van der Waals surface area contributed by atoms with Crippen molar-refractivity contribution >= 4 is 24.0 Å². The predicted molar refractivity (Wildman–Crippen MR) is 94.7 cm³/mol. The van der Waals surface area contributed by atoms with Gasteiger partial charge in [0.2, 0.25) is 5.91 Å². The molecule has 1 aromatic carbocycles. The maximum Gasteiger partial charge on any atom is 0.238 e. The first-order valence-corrected chi connectivity index (χ1v) is 7.91. The fraction of sp³-hybridized carbons (Fsp3) is 0.588. The minimum absolute atomic E-state index is 0. The first kappa shape index (κ1) is 18.9. The van der Waals surface area contributed by atoms with Gasteiger partial charge in [-0.05, 0) is 69.5 Å². The molecule has 1 aromatic rings. The number of aryl methyl sites for hydroxylation is 2. The molecule has 3 N–H and O–H groups in total. The van der Waals surface area contributed by atoms with E-state index in [0.29, 0.717) is 19.1 Å². The molecule has 0 radical (unpaired) electrons. The molecule has 0 aromatic heterocycles. The summed E-state index contributed by atoms with van der Waals surface area (Å²) in [6.07, 6.45) is 4.57. The van der Waals surface area contributed by atoms with E-state index in [1.165, 1.54) is 24.0 Å². The standard InChI is InChI=1S/C17H27N3O.ClH/c1-13-6-7-15(11-14(13)2)19-17(21)12-20-10-4-3-5-16(20)8-9-18;/h6-7,11,16H,3-5,8-10,12,18H2,1-2H3,(H,19,21);1H. The molecule has 4 nitrogen and oxygen atoms in total. The highest BCUT2D eigenvalue weighted by Gasteiger charge is 2.23. The number of hydrogen-bond acceptors (Lipinski definition) is 3. The number of hydrogen-bond donors (Lipinski definition) is 2. The minimum atomic E-state index is 0. The van der Waals surface area contributed by atoms with E-state index in [4.69, 9.17) is 5.73 Å². The van der Waals surface area contributed by atoms with E-state index in [9.17, 15) is 4.79 Å². The fourth-order valence-corrected chi connectivity index (χ4v) is 2.99. The van der Waals surface area contributed by atoms with Crippen molar-refractivity contribution in [2.24, 2.45) is 5.73 Å². The molecule has 5 heteroatoms. The Bertz CT molecular complexity index is 491. The van der Waals surface area contributed by atoms with Crippen molar-refractivity contribution in [2.75, 3.05) is 25.0 Å². The number of carbonyl (C=O) groups excluding carboxylic acids is 1. The second-order valence-corrected chi connectivity index (χ2v) is 6.04. The highest BCUT2D eigenvalue weighted by Crippen LogP contribution is 2.19. The Morgan fingerprint density at radius 2 is 2.09 bits per heavy atom. The quantitative estimate of drug-likeness (QED) is 0.875. The van der Waals surface area contributed by atoms with Crippen molar-refractivity contribution < 1.29 is 4.79 Å². The van der Waals surface area contributed by atoms with E-state index in [2.05, 4.69) is 24.1 Å².